The molecule has 1 fully saturated rings. The number of benzene rings is 1. The molecule has 2 unspecified atom stereocenters. The Bertz CT molecular complexity index is 447. The van der Waals surface area contributed by atoms with Gasteiger partial charge in [-0.2, -0.15) is 0 Å². The van der Waals surface area contributed by atoms with Crippen molar-refractivity contribution < 1.29 is 9.18 Å². The maximum atomic E-state index is 13.6. The van der Waals surface area contributed by atoms with Gasteiger partial charge < -0.3 is 10.6 Å². The topological polar surface area (TPSA) is 41.1 Å². The number of piperidine rings is 1. The molecule has 5 heteroatoms. The number of carbonyl (C=O) groups is 1. The Morgan fingerprint density at radius 2 is 2.37 bits per heavy atom. The zero-order chi connectivity index (χ0) is 13.8. The number of rotatable bonds is 3. The molecule has 1 saturated heterocycles. The fraction of sp³-hybridized carbons (Fsp3) is 0.500. The third-order valence-corrected chi connectivity index (χ3v) is 3.88. The molecule has 2 atom stereocenters. The predicted octanol–water partition coefficient (Wildman–Crippen LogP) is 2.14. The molecule has 1 aliphatic rings. The second-order valence-corrected chi connectivity index (χ2v) is 5.43. The first-order chi connectivity index (χ1) is 9.08. The summed E-state index contributed by atoms with van der Waals surface area (Å²) < 4.78 is 13.6. The summed E-state index contributed by atoms with van der Waals surface area (Å²) in [6.45, 7) is 3.88. The lowest BCUT2D eigenvalue weighted by atomic mass is 9.95. The molecule has 3 nitrogen and oxygen atoms in total. The van der Waals surface area contributed by atoms with Gasteiger partial charge in [0, 0.05) is 16.6 Å². The molecule has 0 bridgehead atoms. The largest absolute Gasteiger partial charge is 0.353 e. The predicted molar refractivity (Wildman–Crippen MR) is 73.7 cm³/mol. The number of nitrogens with one attached hydrogen (secondary N) is 2. The van der Waals surface area contributed by atoms with Crippen molar-refractivity contribution in [2.45, 2.75) is 25.8 Å². The first-order valence-electron chi connectivity index (χ1n) is 6.51. The fourth-order valence-electron chi connectivity index (χ4n) is 2.35. The normalized spacial score (nSPS) is 23.1. The fourth-order valence-corrected chi connectivity index (χ4v) is 2.58. The van der Waals surface area contributed by atoms with Gasteiger partial charge in [-0.1, -0.05) is 24.6 Å². The average Bonchev–Trinajstić information content (AvgIpc) is 2.37. The summed E-state index contributed by atoms with van der Waals surface area (Å²) in [6, 6.07) is 4.61. The minimum atomic E-state index is -0.430. The molecule has 0 aliphatic carbocycles. The van der Waals surface area contributed by atoms with E-state index in [1.165, 1.54) is 12.1 Å². The van der Waals surface area contributed by atoms with Crippen LogP contribution in [0.2, 0.25) is 5.02 Å². The maximum Gasteiger partial charge on any atom is 0.224 e. The molecule has 0 aromatic heterocycles. The van der Waals surface area contributed by atoms with Gasteiger partial charge in [0.25, 0.3) is 0 Å². The Morgan fingerprint density at radius 3 is 3.05 bits per heavy atom. The number of carbonyl (C=O) groups excluding carboxylic acids is 1. The van der Waals surface area contributed by atoms with Gasteiger partial charge in [0.15, 0.2) is 0 Å². The summed E-state index contributed by atoms with van der Waals surface area (Å²) in [6.07, 6.45) is 0.889. The summed E-state index contributed by atoms with van der Waals surface area (Å²) >= 11 is 5.92. The number of hydrogen-bond donors (Lipinski definition) is 2. The van der Waals surface area contributed by atoms with Crippen molar-refractivity contribution in [2.75, 3.05) is 13.1 Å². The number of amides is 1. The molecular formula is C14H18ClFN2O. The summed E-state index contributed by atoms with van der Waals surface area (Å²) in [7, 11) is 0. The lowest BCUT2D eigenvalue weighted by molar-refractivity contribution is -0.121. The third kappa shape index (κ3) is 3.67. The smallest absolute Gasteiger partial charge is 0.224 e. The minimum absolute atomic E-state index is 0.0118. The van der Waals surface area contributed by atoms with E-state index in [1.54, 1.807) is 6.07 Å². The van der Waals surface area contributed by atoms with Crippen LogP contribution in [-0.2, 0) is 11.2 Å². The summed E-state index contributed by atoms with van der Waals surface area (Å²) in [5, 5.41) is 6.54. The van der Waals surface area contributed by atoms with Gasteiger partial charge in [0.2, 0.25) is 5.91 Å². The van der Waals surface area contributed by atoms with E-state index in [1.807, 2.05) is 0 Å². The van der Waals surface area contributed by atoms with E-state index in [4.69, 9.17) is 11.6 Å². The maximum absolute atomic E-state index is 13.6. The van der Waals surface area contributed by atoms with E-state index >= 15 is 0 Å². The van der Waals surface area contributed by atoms with Gasteiger partial charge in [-0.15, -0.1) is 0 Å². The molecule has 0 spiro atoms. The Morgan fingerprint density at radius 1 is 1.58 bits per heavy atom. The second kappa shape index (κ2) is 6.35. The van der Waals surface area contributed by atoms with Gasteiger partial charge >= 0.3 is 0 Å². The molecule has 1 aliphatic heterocycles. The second-order valence-electron chi connectivity index (χ2n) is 5.02. The van der Waals surface area contributed by atoms with Crippen molar-refractivity contribution in [2.24, 2.45) is 5.92 Å². The Balaban J connectivity index is 1.97. The lowest BCUT2D eigenvalue weighted by Crippen LogP contribution is -2.48. The zero-order valence-corrected chi connectivity index (χ0v) is 11.6. The molecule has 104 valence electrons. The molecular weight excluding hydrogens is 267 g/mol. The zero-order valence-electron chi connectivity index (χ0n) is 10.9. The first kappa shape index (κ1) is 14.3. The number of hydrogen-bond acceptors (Lipinski definition) is 2. The van der Waals surface area contributed by atoms with Crippen molar-refractivity contribution in [3.05, 3.63) is 34.6 Å². The highest BCUT2D eigenvalue weighted by molar-refractivity contribution is 6.31. The van der Waals surface area contributed by atoms with Crippen LogP contribution in [0.15, 0.2) is 18.2 Å². The highest BCUT2D eigenvalue weighted by Crippen LogP contribution is 2.19. The first-order valence-corrected chi connectivity index (χ1v) is 6.88. The van der Waals surface area contributed by atoms with Crippen molar-refractivity contribution in [1.29, 1.82) is 0 Å². The van der Waals surface area contributed by atoms with Crippen LogP contribution in [0.5, 0.6) is 0 Å². The SMILES string of the molecule is CC1CNCCC1NC(=O)Cc1c(F)cccc1Cl. The molecule has 0 saturated carbocycles. The van der Waals surface area contributed by atoms with E-state index in [2.05, 4.69) is 17.6 Å². The van der Waals surface area contributed by atoms with Gasteiger partial charge in [-0.3, -0.25) is 4.79 Å². The summed E-state index contributed by atoms with van der Waals surface area (Å²) in [5.74, 6) is -0.222. The monoisotopic (exact) mass is 284 g/mol. The lowest BCUT2D eigenvalue weighted by Gasteiger charge is -2.30. The van der Waals surface area contributed by atoms with Gasteiger partial charge in [-0.25, -0.2) is 4.39 Å². The van der Waals surface area contributed by atoms with Crippen LogP contribution in [0, 0.1) is 11.7 Å². The van der Waals surface area contributed by atoms with Gasteiger partial charge in [-0.05, 0) is 37.6 Å². The molecule has 1 amide bonds. The van der Waals surface area contributed by atoms with Crippen LogP contribution < -0.4 is 10.6 Å². The minimum Gasteiger partial charge on any atom is -0.353 e. The molecule has 1 heterocycles. The molecule has 2 rings (SSSR count). The standard InChI is InChI=1S/C14H18ClFN2O/c1-9-8-17-6-5-13(9)18-14(19)7-10-11(15)3-2-4-12(10)16/h2-4,9,13,17H,5-8H2,1H3,(H,18,19). The number of halogens is 2. The van der Waals surface area contributed by atoms with Gasteiger partial charge in [0.1, 0.15) is 5.82 Å². The van der Waals surface area contributed by atoms with Crippen molar-refractivity contribution in [3.8, 4) is 0 Å². The molecule has 1 aromatic carbocycles. The van der Waals surface area contributed by atoms with Crippen molar-refractivity contribution in [3.63, 3.8) is 0 Å². The molecule has 1 aromatic rings. The van der Waals surface area contributed by atoms with E-state index in [0.29, 0.717) is 10.9 Å². The summed E-state index contributed by atoms with van der Waals surface area (Å²) in [4.78, 5) is 12.0. The van der Waals surface area contributed by atoms with Crippen LogP contribution in [0.4, 0.5) is 4.39 Å². The Kier molecular flexibility index (Phi) is 4.77. The molecule has 0 radical (unpaired) electrons. The highest BCUT2D eigenvalue weighted by atomic mass is 35.5. The average molecular weight is 285 g/mol. The van der Waals surface area contributed by atoms with Crippen molar-refractivity contribution >= 4 is 17.5 Å². The van der Waals surface area contributed by atoms with E-state index in [9.17, 15) is 9.18 Å². The Labute approximate surface area is 117 Å². The Hall–Kier alpha value is -1.13. The van der Waals surface area contributed by atoms with Crippen molar-refractivity contribution in [1.82, 2.24) is 10.6 Å². The van der Waals surface area contributed by atoms with Crippen LogP contribution >= 0.6 is 11.6 Å². The molecule has 19 heavy (non-hydrogen) atoms. The third-order valence-electron chi connectivity index (χ3n) is 3.53. The van der Waals surface area contributed by atoms with Gasteiger partial charge in [0.05, 0.1) is 6.42 Å². The van der Waals surface area contributed by atoms with Crippen LogP contribution in [0.1, 0.15) is 18.9 Å². The van der Waals surface area contributed by atoms with Crippen LogP contribution in [-0.4, -0.2) is 25.0 Å². The molecule has 2 N–H and O–H groups in total. The van der Waals surface area contributed by atoms with E-state index in [0.717, 1.165) is 19.5 Å². The van der Waals surface area contributed by atoms with E-state index < -0.39 is 5.82 Å². The quantitative estimate of drug-likeness (QED) is 0.893. The van der Waals surface area contributed by atoms with E-state index in [-0.39, 0.29) is 23.9 Å². The highest BCUT2D eigenvalue weighted by Gasteiger charge is 2.23. The van der Waals surface area contributed by atoms with Crippen LogP contribution in [0.25, 0.3) is 0 Å². The van der Waals surface area contributed by atoms with Crippen LogP contribution in [0.3, 0.4) is 0 Å². The summed E-state index contributed by atoms with van der Waals surface area (Å²) in [5.41, 5.74) is 0.267.